The third kappa shape index (κ3) is 36.3. The summed E-state index contributed by atoms with van der Waals surface area (Å²) in [5, 5.41) is 12.0. The number of carbonyl (C=O) groups is 2. The van der Waals surface area contributed by atoms with Crippen LogP contribution in [0, 0.1) is 109 Å². The third-order valence-electron chi connectivity index (χ3n) is 34.6. The molecule has 8 aliphatic rings. The number of halogens is 2. The molecule has 14 heteroatoms. The van der Waals surface area contributed by atoms with E-state index in [1.807, 2.05) is 34.6 Å². The van der Waals surface area contributed by atoms with Crippen molar-refractivity contribution in [3.8, 4) is 0 Å². The first kappa shape index (κ1) is 111. The number of ether oxygens (including phenoxy) is 3. The largest absolute Gasteiger partial charge is 0.481 e. The summed E-state index contributed by atoms with van der Waals surface area (Å²) in [6, 6.07) is 0. The summed E-state index contributed by atoms with van der Waals surface area (Å²) in [5.41, 5.74) is 0.687. The molecular weight excluding hydrogens is 1700 g/mol. The van der Waals surface area contributed by atoms with Crippen molar-refractivity contribution in [3.05, 3.63) is 24.3 Å². The SMILES string of the molecule is CCCCCCCC/C=C\CCCCCCCCOC(CC[C@@H](C)C1CCC2C3CCC4C[C@H](CC(C)(C)C(=O)O)CC[C@]4(C)C3CC[C@@]21C)O[Si](C)(C)OCCCCCCBr.CCCCCCCC/C=C\CCCCCCCCOC(CC[C@@H](C)C1CCC2C3CCC4C[C@H](OC(=O)C(C)(C)C)CC[C@]4(C)C3CC[C@@]21C)O[Si](C)(C)OCCCCCCBr. The van der Waals surface area contributed by atoms with Crippen LogP contribution in [0.25, 0.3) is 0 Å². The summed E-state index contributed by atoms with van der Waals surface area (Å²) < 4.78 is 46.2. The second-order valence-electron chi connectivity index (χ2n) is 46.4. The van der Waals surface area contributed by atoms with Crippen LogP contribution in [0.2, 0.25) is 26.2 Å². The Morgan fingerprint density at radius 1 is 0.411 bits per heavy atom. The number of carboxylic acid groups (broad SMARTS) is 1. The molecule has 8 rings (SSSR count). The minimum Gasteiger partial charge on any atom is -0.481 e. The molecule has 8 saturated carbocycles. The zero-order valence-corrected chi connectivity index (χ0v) is 89.6. The van der Waals surface area contributed by atoms with Crippen molar-refractivity contribution in [2.75, 3.05) is 37.1 Å². The number of unbranched alkanes of at least 4 members (excludes halogenated alkanes) is 30. The number of hydrogen-bond acceptors (Lipinski definition) is 9. The van der Waals surface area contributed by atoms with E-state index in [0.717, 1.165) is 148 Å². The summed E-state index contributed by atoms with van der Waals surface area (Å²) in [6.45, 7) is 42.4. The van der Waals surface area contributed by atoms with Gasteiger partial charge in [-0.2, -0.15) is 0 Å². The van der Waals surface area contributed by atoms with E-state index in [4.69, 9.17) is 31.9 Å². The minimum absolute atomic E-state index is 0.0245. The van der Waals surface area contributed by atoms with Gasteiger partial charge < -0.3 is 37.0 Å². The topological polar surface area (TPSA) is 119 Å². The second kappa shape index (κ2) is 57.5. The number of rotatable bonds is 64. The van der Waals surface area contributed by atoms with Gasteiger partial charge in [-0.3, -0.25) is 9.59 Å². The first-order valence-electron chi connectivity index (χ1n) is 54.0. The molecular formula is C110H202Br2O10Si2. The van der Waals surface area contributed by atoms with Crippen molar-refractivity contribution in [1.29, 1.82) is 0 Å². The fourth-order valence-electron chi connectivity index (χ4n) is 27.1. The molecule has 0 bridgehead atoms. The van der Waals surface area contributed by atoms with E-state index >= 15 is 0 Å². The smallest absolute Gasteiger partial charge is 0.333 e. The molecule has 0 heterocycles. The van der Waals surface area contributed by atoms with Crippen LogP contribution < -0.4 is 0 Å². The molecule has 20 atom stereocenters. The van der Waals surface area contributed by atoms with E-state index < -0.39 is 33.9 Å². The van der Waals surface area contributed by atoms with Crippen molar-refractivity contribution < 1.29 is 46.6 Å². The van der Waals surface area contributed by atoms with E-state index in [1.54, 1.807) is 0 Å². The quantitative estimate of drug-likeness (QED) is 0.0157. The van der Waals surface area contributed by atoms with Gasteiger partial charge in [-0.05, 0) is 397 Å². The molecule has 8 fully saturated rings. The van der Waals surface area contributed by atoms with Crippen molar-refractivity contribution in [2.45, 2.75) is 514 Å². The van der Waals surface area contributed by atoms with Gasteiger partial charge in [0.25, 0.3) is 0 Å². The molecule has 0 aromatic carbocycles. The highest BCUT2D eigenvalue weighted by atomic mass is 79.9. The number of carbonyl (C=O) groups excluding carboxylic acids is 1. The number of fused-ring (bicyclic) bond motifs is 10. The molecule has 0 aliphatic heterocycles. The van der Waals surface area contributed by atoms with Crippen molar-refractivity contribution in [2.24, 2.45) is 109 Å². The van der Waals surface area contributed by atoms with Crippen LogP contribution in [0.1, 0.15) is 469 Å². The summed E-state index contributed by atoms with van der Waals surface area (Å²) in [5.74, 6) is 9.42. The van der Waals surface area contributed by atoms with Gasteiger partial charge >= 0.3 is 29.1 Å². The molecule has 124 heavy (non-hydrogen) atoms. The van der Waals surface area contributed by atoms with Crippen LogP contribution >= 0.6 is 31.9 Å². The number of esters is 1. The van der Waals surface area contributed by atoms with Gasteiger partial charge in [-0.15, -0.1) is 0 Å². The lowest BCUT2D eigenvalue weighted by molar-refractivity contribution is -0.170. The Hall–Kier alpha value is -0.426. The van der Waals surface area contributed by atoms with Crippen LogP contribution in [-0.2, 0) is 41.5 Å². The van der Waals surface area contributed by atoms with Crippen molar-refractivity contribution >= 4 is 60.9 Å². The van der Waals surface area contributed by atoms with E-state index in [2.05, 4.69) is 138 Å². The Balaban J connectivity index is 0.000000341. The molecule has 0 aromatic rings. The molecule has 0 radical (unpaired) electrons. The van der Waals surface area contributed by atoms with Crippen LogP contribution in [0.15, 0.2) is 24.3 Å². The zero-order chi connectivity index (χ0) is 90.1. The maximum atomic E-state index is 12.8. The third-order valence-corrected chi connectivity index (χ3v) is 39.2. The van der Waals surface area contributed by atoms with Crippen LogP contribution in [-0.4, -0.2) is 89.9 Å². The first-order valence-corrected chi connectivity index (χ1v) is 61.9. The maximum Gasteiger partial charge on any atom is 0.333 e. The van der Waals surface area contributed by atoms with Gasteiger partial charge in [-0.25, -0.2) is 0 Å². The molecule has 0 amide bonds. The fraction of sp³-hybridized carbons (Fsp3) is 0.945. The van der Waals surface area contributed by atoms with Crippen LogP contribution in [0.4, 0.5) is 0 Å². The lowest BCUT2D eigenvalue weighted by Gasteiger charge is -2.61. The van der Waals surface area contributed by atoms with Gasteiger partial charge in [0, 0.05) is 37.1 Å². The number of allylic oxidation sites excluding steroid dienone is 4. The number of carboxylic acids is 1. The molecule has 0 aromatic heterocycles. The maximum absolute atomic E-state index is 12.8. The monoisotopic (exact) mass is 1900 g/mol. The highest BCUT2D eigenvalue weighted by molar-refractivity contribution is 9.09. The van der Waals surface area contributed by atoms with Gasteiger partial charge in [0.05, 0.1) is 10.8 Å². The summed E-state index contributed by atoms with van der Waals surface area (Å²) in [7, 11) is -4.64. The summed E-state index contributed by atoms with van der Waals surface area (Å²) in [6.07, 6.45) is 85.1. The molecule has 12 unspecified atom stereocenters. The molecule has 724 valence electrons. The lowest BCUT2D eigenvalue weighted by Crippen LogP contribution is -2.54. The Morgan fingerprint density at radius 3 is 1.15 bits per heavy atom. The van der Waals surface area contributed by atoms with Gasteiger partial charge in [0.15, 0.2) is 0 Å². The van der Waals surface area contributed by atoms with Gasteiger partial charge in [-0.1, -0.05) is 253 Å². The van der Waals surface area contributed by atoms with E-state index in [9.17, 15) is 14.7 Å². The highest BCUT2D eigenvalue weighted by Crippen LogP contribution is 2.71. The van der Waals surface area contributed by atoms with Crippen LogP contribution in [0.3, 0.4) is 0 Å². The molecule has 8 aliphatic carbocycles. The predicted molar refractivity (Wildman–Crippen MR) is 538 cm³/mol. The standard InChI is InChI=1S/2C55H101BrO5Si/c1-10-11-12-13-14-15-16-17-18-19-20-21-22-23-25-28-41-58-51(61-62(8,9)59-42-29-26-24-27-40-56)35-30-44(2)48-33-34-49-47-32-31-45-43-46(60-52(57)53(3,4)5)36-38-54(45,6)50(47)37-39-55(48,49)7;1-9-10-11-12-13-14-15-16-17-18-19-20-21-22-24-27-40-59-51(61-62(7,8)60-41-28-25-23-26-39-56)34-29-44(2)48-32-33-49-47-31-30-46-42-45(43-53(3,4)52(57)58)35-37-54(46,5)50(47)36-38-55(48,49)6/h17-18,44-51H,10-16,19-43H2,1-9H3;16-17,44-51H,9-15,18-43H2,1-8H3,(H,57,58)/b18-17-;17-16-/t44-,45?,46-,47?,48?,49?,50?,51?,54+,55-;44-,45-,46?,47?,48?,49?,50?,51?,54+,55-/m11/s1. The molecule has 10 nitrogen and oxygen atoms in total. The van der Waals surface area contributed by atoms with E-state index in [0.29, 0.717) is 45.3 Å². The van der Waals surface area contributed by atoms with Gasteiger partial charge in [0.1, 0.15) is 18.7 Å². The Labute approximate surface area is 786 Å². The van der Waals surface area contributed by atoms with Crippen molar-refractivity contribution in [3.63, 3.8) is 0 Å². The highest BCUT2D eigenvalue weighted by Gasteiger charge is 2.63. The Kier molecular flexibility index (Phi) is 51.2. The summed E-state index contributed by atoms with van der Waals surface area (Å²) in [4.78, 5) is 24.8. The molecule has 0 spiro atoms. The number of alkyl halides is 2. The van der Waals surface area contributed by atoms with E-state index in [-0.39, 0.29) is 24.7 Å². The average Bonchev–Trinajstić information content (AvgIpc) is 1.38. The zero-order valence-electron chi connectivity index (χ0n) is 84.4. The number of aliphatic carboxylic acids is 1. The lowest BCUT2D eigenvalue weighted by atomic mass is 9.43. The minimum atomic E-state index is -2.32. The predicted octanol–water partition coefficient (Wildman–Crippen LogP) is 34.3. The van der Waals surface area contributed by atoms with Crippen molar-refractivity contribution in [1.82, 2.24) is 0 Å². The average molecular weight is 1900 g/mol. The number of hydrogen-bond donors (Lipinski definition) is 1. The first-order chi connectivity index (χ1) is 59.3. The molecule has 1 N–H and O–H groups in total. The van der Waals surface area contributed by atoms with Gasteiger partial charge in [0.2, 0.25) is 0 Å². The Morgan fingerprint density at radius 2 is 0.758 bits per heavy atom. The summed E-state index contributed by atoms with van der Waals surface area (Å²) >= 11 is 7.14. The Bertz CT molecular complexity index is 2920. The fourth-order valence-corrected chi connectivity index (χ4v) is 30.9. The second-order valence-corrected chi connectivity index (χ2v) is 54.6. The van der Waals surface area contributed by atoms with Crippen LogP contribution in [0.5, 0.6) is 0 Å². The molecule has 0 saturated heterocycles. The van der Waals surface area contributed by atoms with E-state index in [1.165, 1.54) is 321 Å². The normalized spacial score (nSPS) is 29.9.